The molecule has 1 saturated heterocycles. The normalized spacial score (nSPS) is 25.7. The third-order valence-electron chi connectivity index (χ3n) is 5.57. The van der Waals surface area contributed by atoms with Gasteiger partial charge in [-0.3, -0.25) is 0 Å². The largest absolute Gasteiger partial charge is 0.372 e. The average Bonchev–Trinajstić information content (AvgIpc) is 3.03. The summed E-state index contributed by atoms with van der Waals surface area (Å²) in [7, 11) is -1.72. The minimum absolute atomic E-state index is 0.0601. The predicted octanol–water partition coefficient (Wildman–Crippen LogP) is 3.78. The molecule has 0 unspecified atom stereocenters. The van der Waals surface area contributed by atoms with Crippen molar-refractivity contribution in [2.75, 3.05) is 19.5 Å². The Balaban J connectivity index is 1.36. The van der Waals surface area contributed by atoms with E-state index in [0.29, 0.717) is 18.1 Å². The van der Waals surface area contributed by atoms with Crippen molar-refractivity contribution < 1.29 is 22.6 Å². The van der Waals surface area contributed by atoms with E-state index in [0.717, 1.165) is 5.56 Å². The fourth-order valence-electron chi connectivity index (χ4n) is 4.02. The molecule has 6 heteroatoms. The van der Waals surface area contributed by atoms with E-state index < -0.39 is 9.84 Å². The molecular weight excluding hydrogens is 400 g/mol. The summed E-state index contributed by atoms with van der Waals surface area (Å²) in [6, 6.07) is 18.5. The second-order valence-corrected chi connectivity index (χ2v) is 9.58. The summed E-state index contributed by atoms with van der Waals surface area (Å²) >= 11 is 0. The monoisotopic (exact) mass is 426 g/mol. The van der Waals surface area contributed by atoms with Gasteiger partial charge in [0.05, 0.1) is 30.0 Å². The first-order valence-corrected chi connectivity index (χ1v) is 11.7. The number of rotatable bonds is 9. The second kappa shape index (κ2) is 9.27. The van der Waals surface area contributed by atoms with Crippen LogP contribution >= 0.6 is 0 Å². The zero-order chi connectivity index (χ0) is 21.0. The highest BCUT2D eigenvalue weighted by atomic mass is 32.2. The lowest BCUT2D eigenvalue weighted by molar-refractivity contribution is -0.116. The SMILES string of the molecule is CO[C@@H]1O[C@@H](/C=C\CS(=O)(=O)c2ccccc2)[C@H]2C(COCc3ccccc3)=C[C@@H]12. The van der Waals surface area contributed by atoms with Crippen molar-refractivity contribution in [3.05, 3.63) is 90.0 Å². The standard InChI is InChI=1S/C24H26O5S/c1-27-24-21-15-19(17-28-16-18-9-4-2-5-10-18)23(21)22(29-24)13-8-14-30(25,26)20-11-6-3-7-12-20/h2-13,15,21-24H,14,16-17H2,1H3/b13-8-/t21-,22+,23+,24-/m1/s1. The number of hydrogen-bond donors (Lipinski definition) is 0. The molecular formula is C24H26O5S. The van der Waals surface area contributed by atoms with Gasteiger partial charge in [-0.1, -0.05) is 66.8 Å². The topological polar surface area (TPSA) is 61.8 Å². The Morgan fingerprint density at radius 1 is 1.00 bits per heavy atom. The molecule has 0 N–H and O–H groups in total. The molecule has 1 fully saturated rings. The van der Waals surface area contributed by atoms with Gasteiger partial charge >= 0.3 is 0 Å². The summed E-state index contributed by atoms with van der Waals surface area (Å²) in [5, 5.41) is 0. The Kier molecular flexibility index (Phi) is 6.49. The maximum absolute atomic E-state index is 12.5. The number of hydrogen-bond acceptors (Lipinski definition) is 5. The van der Waals surface area contributed by atoms with Crippen LogP contribution in [0, 0.1) is 11.8 Å². The zero-order valence-corrected chi connectivity index (χ0v) is 17.7. The first-order valence-electron chi connectivity index (χ1n) is 10.0. The molecule has 158 valence electrons. The molecule has 30 heavy (non-hydrogen) atoms. The molecule has 4 atom stereocenters. The van der Waals surface area contributed by atoms with E-state index in [1.54, 1.807) is 43.5 Å². The number of methoxy groups -OCH3 is 1. The van der Waals surface area contributed by atoms with Crippen molar-refractivity contribution in [2.45, 2.75) is 23.9 Å². The van der Waals surface area contributed by atoms with Crippen LogP contribution in [0.2, 0.25) is 0 Å². The molecule has 0 spiro atoms. The summed E-state index contributed by atoms with van der Waals surface area (Å²) in [4.78, 5) is 0.327. The Morgan fingerprint density at radius 3 is 2.40 bits per heavy atom. The second-order valence-electron chi connectivity index (χ2n) is 7.55. The molecule has 2 aromatic rings. The maximum Gasteiger partial charge on any atom is 0.181 e. The van der Waals surface area contributed by atoms with Crippen LogP contribution in [0.5, 0.6) is 0 Å². The van der Waals surface area contributed by atoms with E-state index in [1.165, 1.54) is 5.57 Å². The molecule has 0 bridgehead atoms. The lowest BCUT2D eigenvalue weighted by Crippen LogP contribution is -2.33. The van der Waals surface area contributed by atoms with Gasteiger partial charge in [0.1, 0.15) is 0 Å². The molecule has 0 radical (unpaired) electrons. The number of fused-ring (bicyclic) bond motifs is 1. The molecule has 4 rings (SSSR count). The van der Waals surface area contributed by atoms with Crippen LogP contribution in [0.1, 0.15) is 5.56 Å². The molecule has 0 saturated carbocycles. The van der Waals surface area contributed by atoms with E-state index >= 15 is 0 Å². The minimum Gasteiger partial charge on any atom is -0.372 e. The van der Waals surface area contributed by atoms with E-state index in [2.05, 4.69) is 6.08 Å². The molecule has 0 aromatic heterocycles. The predicted molar refractivity (Wildman–Crippen MR) is 114 cm³/mol. The zero-order valence-electron chi connectivity index (χ0n) is 16.9. The first kappa shape index (κ1) is 21.0. The molecule has 1 heterocycles. The van der Waals surface area contributed by atoms with Crippen LogP contribution in [-0.4, -0.2) is 40.3 Å². The van der Waals surface area contributed by atoms with Gasteiger partial charge in [0.25, 0.3) is 0 Å². The van der Waals surface area contributed by atoms with Gasteiger partial charge in [0, 0.05) is 18.9 Å². The highest BCUT2D eigenvalue weighted by molar-refractivity contribution is 7.91. The highest BCUT2D eigenvalue weighted by Gasteiger charge is 2.49. The smallest absolute Gasteiger partial charge is 0.181 e. The Labute approximate surface area is 177 Å². The summed E-state index contributed by atoms with van der Waals surface area (Å²) < 4.78 is 42.3. The van der Waals surface area contributed by atoms with Crippen LogP contribution in [0.25, 0.3) is 0 Å². The fraction of sp³-hybridized carbons (Fsp3) is 0.333. The molecule has 2 aliphatic rings. The number of benzene rings is 2. The third kappa shape index (κ3) is 4.57. The van der Waals surface area contributed by atoms with Crippen LogP contribution < -0.4 is 0 Å². The lowest BCUT2D eigenvalue weighted by Gasteiger charge is -2.32. The van der Waals surface area contributed by atoms with Crippen molar-refractivity contribution >= 4 is 9.84 Å². The van der Waals surface area contributed by atoms with Gasteiger partial charge in [-0.05, 0) is 23.3 Å². The molecule has 1 aliphatic carbocycles. The molecule has 5 nitrogen and oxygen atoms in total. The van der Waals surface area contributed by atoms with Crippen molar-refractivity contribution in [3.8, 4) is 0 Å². The number of ether oxygens (including phenoxy) is 3. The van der Waals surface area contributed by atoms with Crippen LogP contribution in [-0.2, 0) is 30.7 Å². The Bertz CT molecular complexity index is 998. The summed E-state index contributed by atoms with van der Waals surface area (Å²) in [5.41, 5.74) is 2.31. The minimum atomic E-state index is -3.36. The van der Waals surface area contributed by atoms with E-state index in [4.69, 9.17) is 14.2 Å². The van der Waals surface area contributed by atoms with Crippen LogP contribution in [0.4, 0.5) is 0 Å². The van der Waals surface area contributed by atoms with Crippen molar-refractivity contribution in [2.24, 2.45) is 11.8 Å². The van der Waals surface area contributed by atoms with Crippen molar-refractivity contribution in [1.82, 2.24) is 0 Å². The highest BCUT2D eigenvalue weighted by Crippen LogP contribution is 2.47. The van der Waals surface area contributed by atoms with E-state index in [9.17, 15) is 8.42 Å². The van der Waals surface area contributed by atoms with Crippen LogP contribution in [0.15, 0.2) is 89.4 Å². The van der Waals surface area contributed by atoms with Crippen molar-refractivity contribution in [3.63, 3.8) is 0 Å². The van der Waals surface area contributed by atoms with Gasteiger partial charge < -0.3 is 14.2 Å². The van der Waals surface area contributed by atoms with E-state index in [1.807, 2.05) is 36.4 Å². The van der Waals surface area contributed by atoms with Crippen LogP contribution in [0.3, 0.4) is 0 Å². The van der Waals surface area contributed by atoms with Gasteiger partial charge in [0.15, 0.2) is 16.1 Å². The molecule has 0 amide bonds. The Hall–Kier alpha value is -2.25. The molecule has 2 aromatic carbocycles. The van der Waals surface area contributed by atoms with Gasteiger partial charge in [0.2, 0.25) is 0 Å². The quantitative estimate of drug-likeness (QED) is 0.571. The van der Waals surface area contributed by atoms with Gasteiger partial charge in [-0.25, -0.2) is 8.42 Å². The summed E-state index contributed by atoms with van der Waals surface area (Å²) in [6.45, 7) is 1.09. The summed E-state index contributed by atoms with van der Waals surface area (Å²) in [6.07, 6.45) is 5.15. The third-order valence-corrected chi connectivity index (χ3v) is 7.19. The lowest BCUT2D eigenvalue weighted by atomic mass is 9.73. The summed E-state index contributed by atoms with van der Waals surface area (Å²) in [5.74, 6) is 0.266. The first-order chi connectivity index (χ1) is 14.6. The van der Waals surface area contributed by atoms with E-state index in [-0.39, 0.29) is 30.0 Å². The van der Waals surface area contributed by atoms with Crippen molar-refractivity contribution in [1.29, 1.82) is 0 Å². The molecule has 1 aliphatic heterocycles. The fourth-order valence-corrected chi connectivity index (χ4v) is 5.15. The Morgan fingerprint density at radius 2 is 1.70 bits per heavy atom. The maximum atomic E-state index is 12.5. The average molecular weight is 427 g/mol. The van der Waals surface area contributed by atoms with Gasteiger partial charge in [-0.15, -0.1) is 0 Å². The van der Waals surface area contributed by atoms with Gasteiger partial charge in [-0.2, -0.15) is 0 Å². The number of sulfone groups is 1.